The molecule has 2 nitrogen and oxygen atoms in total. The van der Waals surface area contributed by atoms with E-state index in [1.807, 2.05) is 0 Å². The van der Waals surface area contributed by atoms with Gasteiger partial charge in [0.25, 0.3) is 0 Å². The average molecular weight is 267 g/mol. The molecule has 0 aliphatic heterocycles. The highest BCUT2D eigenvalue weighted by atomic mass is 32.1. The van der Waals surface area contributed by atoms with E-state index in [9.17, 15) is 5.11 Å². The highest BCUT2D eigenvalue weighted by Crippen LogP contribution is 2.30. The van der Waals surface area contributed by atoms with Crippen LogP contribution >= 0.6 is 11.3 Å². The lowest BCUT2D eigenvalue weighted by Crippen LogP contribution is -2.33. The van der Waals surface area contributed by atoms with Crippen LogP contribution < -0.4 is 0 Å². The van der Waals surface area contributed by atoms with E-state index in [1.54, 1.807) is 11.3 Å². The second kappa shape index (κ2) is 5.72. The summed E-state index contributed by atoms with van der Waals surface area (Å²) in [5.74, 6) is 0. The van der Waals surface area contributed by atoms with Gasteiger partial charge in [0.1, 0.15) is 0 Å². The van der Waals surface area contributed by atoms with Gasteiger partial charge in [0.05, 0.1) is 6.10 Å². The van der Waals surface area contributed by atoms with Crippen molar-refractivity contribution in [3.05, 3.63) is 22.4 Å². The SMILES string of the molecule is CC(C)(C)C(O)CCN(Cc1ccsc1)C1CC1. The van der Waals surface area contributed by atoms with E-state index in [4.69, 9.17) is 0 Å². The molecule has 0 bridgehead atoms. The molecule has 18 heavy (non-hydrogen) atoms. The van der Waals surface area contributed by atoms with Crippen molar-refractivity contribution in [2.75, 3.05) is 6.54 Å². The zero-order chi connectivity index (χ0) is 13.2. The zero-order valence-corrected chi connectivity index (χ0v) is 12.5. The minimum Gasteiger partial charge on any atom is -0.393 e. The Balaban J connectivity index is 1.84. The van der Waals surface area contributed by atoms with Crippen LogP contribution in [-0.4, -0.2) is 28.7 Å². The Bertz CT molecular complexity index is 351. The van der Waals surface area contributed by atoms with Crippen LogP contribution in [0, 0.1) is 5.41 Å². The van der Waals surface area contributed by atoms with E-state index in [2.05, 4.69) is 42.5 Å². The number of nitrogens with zero attached hydrogens (tertiary/aromatic N) is 1. The Morgan fingerprint density at radius 3 is 2.67 bits per heavy atom. The predicted octanol–water partition coefficient (Wildman–Crippen LogP) is 3.51. The maximum Gasteiger partial charge on any atom is 0.0600 e. The minimum atomic E-state index is -0.207. The molecule has 1 saturated carbocycles. The van der Waals surface area contributed by atoms with Crippen molar-refractivity contribution in [1.29, 1.82) is 0 Å². The normalized spacial score (nSPS) is 18.3. The van der Waals surface area contributed by atoms with Crippen LogP contribution in [0.5, 0.6) is 0 Å². The number of rotatable bonds is 6. The van der Waals surface area contributed by atoms with Gasteiger partial charge in [0.15, 0.2) is 0 Å². The molecular weight excluding hydrogens is 242 g/mol. The van der Waals surface area contributed by atoms with Crippen molar-refractivity contribution in [2.24, 2.45) is 5.41 Å². The van der Waals surface area contributed by atoms with Gasteiger partial charge >= 0.3 is 0 Å². The zero-order valence-electron chi connectivity index (χ0n) is 11.7. The lowest BCUT2D eigenvalue weighted by molar-refractivity contribution is 0.0438. The number of hydrogen-bond acceptors (Lipinski definition) is 3. The highest BCUT2D eigenvalue weighted by Gasteiger charge is 2.30. The van der Waals surface area contributed by atoms with Gasteiger partial charge in [-0.1, -0.05) is 20.8 Å². The van der Waals surface area contributed by atoms with Gasteiger partial charge in [-0.25, -0.2) is 0 Å². The van der Waals surface area contributed by atoms with Crippen LogP contribution in [0.25, 0.3) is 0 Å². The molecule has 1 heterocycles. The summed E-state index contributed by atoms with van der Waals surface area (Å²) in [5, 5.41) is 14.5. The molecule has 0 spiro atoms. The third-order valence-corrected chi connectivity index (χ3v) is 4.45. The molecule has 0 aromatic carbocycles. The van der Waals surface area contributed by atoms with Crippen molar-refractivity contribution < 1.29 is 5.11 Å². The van der Waals surface area contributed by atoms with Crippen LogP contribution in [0.3, 0.4) is 0 Å². The third kappa shape index (κ3) is 4.08. The highest BCUT2D eigenvalue weighted by molar-refractivity contribution is 7.07. The van der Waals surface area contributed by atoms with E-state index in [0.717, 1.165) is 25.6 Å². The smallest absolute Gasteiger partial charge is 0.0600 e. The van der Waals surface area contributed by atoms with Gasteiger partial charge in [0, 0.05) is 19.1 Å². The fourth-order valence-corrected chi connectivity index (χ4v) is 2.83. The standard InChI is InChI=1S/C15H25NOS/c1-15(2,3)14(17)6-8-16(13-4-5-13)10-12-7-9-18-11-12/h7,9,11,13-14,17H,4-6,8,10H2,1-3H3. The molecule has 1 unspecified atom stereocenters. The summed E-state index contributed by atoms with van der Waals surface area (Å²) in [6, 6.07) is 2.97. The molecule has 1 fully saturated rings. The first-order chi connectivity index (χ1) is 8.47. The molecule has 1 atom stereocenters. The van der Waals surface area contributed by atoms with Crippen molar-refractivity contribution in [3.63, 3.8) is 0 Å². The second-order valence-electron chi connectivity index (χ2n) is 6.50. The first kappa shape index (κ1) is 14.0. The van der Waals surface area contributed by atoms with Gasteiger partial charge in [-0.2, -0.15) is 11.3 Å². The molecule has 3 heteroatoms. The van der Waals surface area contributed by atoms with E-state index in [-0.39, 0.29) is 11.5 Å². The molecule has 0 saturated heterocycles. The number of hydrogen-bond donors (Lipinski definition) is 1. The molecule has 0 amide bonds. The lowest BCUT2D eigenvalue weighted by atomic mass is 9.87. The van der Waals surface area contributed by atoms with Crippen molar-refractivity contribution in [2.45, 2.75) is 58.7 Å². The number of thiophene rings is 1. The van der Waals surface area contributed by atoms with E-state index in [1.165, 1.54) is 18.4 Å². The van der Waals surface area contributed by atoms with E-state index < -0.39 is 0 Å². The van der Waals surface area contributed by atoms with Gasteiger partial charge in [-0.3, -0.25) is 4.90 Å². The van der Waals surface area contributed by atoms with Crippen molar-refractivity contribution in [3.8, 4) is 0 Å². The molecular formula is C15H25NOS. The van der Waals surface area contributed by atoms with Crippen molar-refractivity contribution in [1.82, 2.24) is 4.90 Å². The summed E-state index contributed by atoms with van der Waals surface area (Å²) in [6.07, 6.45) is 3.33. The fourth-order valence-electron chi connectivity index (χ4n) is 2.17. The van der Waals surface area contributed by atoms with Gasteiger partial charge < -0.3 is 5.11 Å². The summed E-state index contributed by atoms with van der Waals surface area (Å²) in [5.41, 5.74) is 1.41. The second-order valence-corrected chi connectivity index (χ2v) is 7.28. The largest absolute Gasteiger partial charge is 0.393 e. The number of aliphatic hydroxyl groups is 1. The molecule has 102 valence electrons. The Hall–Kier alpha value is -0.380. The molecule has 1 aromatic heterocycles. The molecule has 1 aromatic rings. The Kier molecular flexibility index (Phi) is 4.46. The third-order valence-electron chi connectivity index (χ3n) is 3.72. The average Bonchev–Trinajstić information content (AvgIpc) is 3.01. The van der Waals surface area contributed by atoms with Crippen molar-refractivity contribution >= 4 is 11.3 Å². The maximum atomic E-state index is 10.1. The first-order valence-electron chi connectivity index (χ1n) is 6.90. The summed E-state index contributed by atoms with van der Waals surface area (Å²) in [4.78, 5) is 2.54. The summed E-state index contributed by atoms with van der Waals surface area (Å²) in [7, 11) is 0. The van der Waals surface area contributed by atoms with Crippen LogP contribution in [-0.2, 0) is 6.54 Å². The predicted molar refractivity (Wildman–Crippen MR) is 77.8 cm³/mol. The van der Waals surface area contributed by atoms with Gasteiger partial charge in [-0.05, 0) is 47.1 Å². The molecule has 1 aliphatic carbocycles. The molecule has 2 rings (SSSR count). The molecule has 1 N–H and O–H groups in total. The Labute approximate surface area is 115 Å². The summed E-state index contributed by atoms with van der Waals surface area (Å²) < 4.78 is 0. The van der Waals surface area contributed by atoms with E-state index >= 15 is 0 Å². The van der Waals surface area contributed by atoms with Crippen LogP contribution in [0.15, 0.2) is 16.8 Å². The van der Waals surface area contributed by atoms with Crippen LogP contribution in [0.1, 0.15) is 45.6 Å². The Morgan fingerprint density at radius 1 is 1.44 bits per heavy atom. The molecule has 1 aliphatic rings. The van der Waals surface area contributed by atoms with Gasteiger partial charge in [-0.15, -0.1) is 0 Å². The van der Waals surface area contributed by atoms with Crippen LogP contribution in [0.4, 0.5) is 0 Å². The quantitative estimate of drug-likeness (QED) is 0.852. The summed E-state index contributed by atoms with van der Waals surface area (Å²) in [6.45, 7) is 8.39. The lowest BCUT2D eigenvalue weighted by Gasteiger charge is -2.29. The number of aliphatic hydroxyl groups excluding tert-OH is 1. The topological polar surface area (TPSA) is 23.5 Å². The molecule has 0 radical (unpaired) electrons. The fraction of sp³-hybridized carbons (Fsp3) is 0.733. The van der Waals surface area contributed by atoms with Gasteiger partial charge in [0.2, 0.25) is 0 Å². The van der Waals surface area contributed by atoms with E-state index in [0.29, 0.717) is 0 Å². The maximum absolute atomic E-state index is 10.1. The van der Waals surface area contributed by atoms with Crippen LogP contribution in [0.2, 0.25) is 0 Å². The first-order valence-corrected chi connectivity index (χ1v) is 7.84. The monoisotopic (exact) mass is 267 g/mol. The summed E-state index contributed by atoms with van der Waals surface area (Å²) >= 11 is 1.77. The Morgan fingerprint density at radius 2 is 2.17 bits per heavy atom. The minimum absolute atomic E-state index is 0.00238.